The first kappa shape index (κ1) is 13.7. The van der Waals surface area contributed by atoms with Gasteiger partial charge in [0.25, 0.3) is 0 Å². The lowest BCUT2D eigenvalue weighted by Crippen LogP contribution is -2.24. The van der Waals surface area contributed by atoms with Gasteiger partial charge in [-0.25, -0.2) is 0 Å². The van der Waals surface area contributed by atoms with E-state index in [1.807, 2.05) is 13.2 Å². The van der Waals surface area contributed by atoms with E-state index >= 15 is 0 Å². The third kappa shape index (κ3) is 3.31. The molecule has 0 radical (unpaired) electrons. The van der Waals surface area contributed by atoms with Crippen LogP contribution in [0.2, 0.25) is 0 Å². The molecule has 0 saturated heterocycles. The summed E-state index contributed by atoms with van der Waals surface area (Å²) >= 11 is 0. The van der Waals surface area contributed by atoms with Gasteiger partial charge in [-0.05, 0) is 13.0 Å². The molecule has 1 atom stereocenters. The Labute approximate surface area is 104 Å². The number of nitrogens with zero attached hydrogens (tertiary/aromatic N) is 3. The van der Waals surface area contributed by atoms with Crippen LogP contribution in [0.1, 0.15) is 51.4 Å². The topological polar surface area (TPSA) is 53.6 Å². The summed E-state index contributed by atoms with van der Waals surface area (Å²) in [5.41, 5.74) is 1.95. The predicted octanol–water partition coefficient (Wildman–Crippen LogP) is 2.28. The van der Waals surface area contributed by atoms with Crippen LogP contribution in [0, 0.1) is 11.3 Å². The van der Waals surface area contributed by atoms with Crippen molar-refractivity contribution in [1.29, 1.82) is 5.26 Å². The maximum absolute atomic E-state index is 9.26. The van der Waals surface area contributed by atoms with E-state index in [9.17, 15) is 5.26 Å². The average Bonchev–Trinajstić information content (AvgIpc) is 2.61. The van der Waals surface area contributed by atoms with E-state index in [0.717, 1.165) is 24.2 Å². The second kappa shape index (κ2) is 5.33. The van der Waals surface area contributed by atoms with Crippen LogP contribution in [0.15, 0.2) is 6.20 Å². The van der Waals surface area contributed by atoms with Crippen LogP contribution in [-0.4, -0.2) is 16.3 Å². The lowest BCUT2D eigenvalue weighted by Gasteiger charge is -2.19. The van der Waals surface area contributed by atoms with Crippen molar-refractivity contribution < 1.29 is 0 Å². The van der Waals surface area contributed by atoms with E-state index in [-0.39, 0.29) is 11.5 Å². The number of rotatable bonds is 4. The molecule has 0 amide bonds. The number of nitrogens with one attached hydrogen (secondary N) is 1. The van der Waals surface area contributed by atoms with Crippen molar-refractivity contribution in [3.05, 3.63) is 17.5 Å². The summed E-state index contributed by atoms with van der Waals surface area (Å²) in [7, 11) is 1.90. The number of hydrogen-bond donors (Lipinski definition) is 1. The van der Waals surface area contributed by atoms with Gasteiger partial charge in [0.1, 0.15) is 6.04 Å². The second-order valence-corrected chi connectivity index (χ2v) is 5.37. The Morgan fingerprint density at radius 2 is 2.18 bits per heavy atom. The van der Waals surface area contributed by atoms with Gasteiger partial charge in [0, 0.05) is 24.2 Å². The van der Waals surface area contributed by atoms with E-state index in [0.29, 0.717) is 0 Å². The molecule has 0 aliphatic carbocycles. The van der Waals surface area contributed by atoms with E-state index in [1.165, 1.54) is 0 Å². The van der Waals surface area contributed by atoms with E-state index in [1.54, 1.807) is 4.68 Å². The van der Waals surface area contributed by atoms with Gasteiger partial charge in [-0.3, -0.25) is 10.00 Å². The first-order valence-electron chi connectivity index (χ1n) is 6.07. The molecule has 0 aromatic carbocycles. The SMILES string of the molecule is CCCNC(C#N)c1cn(C)nc1C(C)(C)C. The highest BCUT2D eigenvalue weighted by molar-refractivity contribution is 5.31. The summed E-state index contributed by atoms with van der Waals surface area (Å²) in [4.78, 5) is 0. The molecule has 94 valence electrons. The van der Waals surface area contributed by atoms with Crippen molar-refractivity contribution in [2.45, 2.75) is 45.6 Å². The second-order valence-electron chi connectivity index (χ2n) is 5.37. The highest BCUT2D eigenvalue weighted by atomic mass is 15.3. The summed E-state index contributed by atoms with van der Waals surface area (Å²) in [6.07, 6.45) is 2.96. The predicted molar refractivity (Wildman–Crippen MR) is 68.6 cm³/mol. The Balaban J connectivity index is 3.07. The van der Waals surface area contributed by atoms with E-state index < -0.39 is 0 Å². The fourth-order valence-corrected chi connectivity index (χ4v) is 1.81. The molecule has 0 fully saturated rings. The number of aromatic nitrogens is 2. The molecule has 0 aliphatic heterocycles. The number of aryl methyl sites for hydroxylation is 1. The van der Waals surface area contributed by atoms with Gasteiger partial charge >= 0.3 is 0 Å². The summed E-state index contributed by atoms with van der Waals surface area (Å²) in [5.74, 6) is 0. The maximum atomic E-state index is 9.26. The van der Waals surface area contributed by atoms with Crippen molar-refractivity contribution in [2.24, 2.45) is 7.05 Å². The molecule has 4 heteroatoms. The Bertz CT molecular complexity index is 406. The third-order valence-corrected chi connectivity index (χ3v) is 2.61. The van der Waals surface area contributed by atoms with Crippen molar-refractivity contribution >= 4 is 0 Å². The van der Waals surface area contributed by atoms with Crippen molar-refractivity contribution in [1.82, 2.24) is 15.1 Å². The molecule has 0 aliphatic rings. The highest BCUT2D eigenvalue weighted by Gasteiger charge is 2.26. The third-order valence-electron chi connectivity index (χ3n) is 2.61. The van der Waals surface area contributed by atoms with E-state index in [2.05, 4.69) is 44.2 Å². The first-order chi connectivity index (χ1) is 7.90. The van der Waals surface area contributed by atoms with Gasteiger partial charge in [-0.2, -0.15) is 10.4 Å². The maximum Gasteiger partial charge on any atom is 0.124 e. The summed E-state index contributed by atoms with van der Waals surface area (Å²) in [6, 6.07) is 2.05. The average molecular weight is 234 g/mol. The molecule has 0 spiro atoms. The molecule has 4 nitrogen and oxygen atoms in total. The minimum Gasteiger partial charge on any atom is -0.298 e. The molecule has 1 aromatic rings. The summed E-state index contributed by atoms with van der Waals surface area (Å²) in [6.45, 7) is 9.29. The van der Waals surface area contributed by atoms with Crippen LogP contribution < -0.4 is 5.32 Å². The van der Waals surface area contributed by atoms with Crippen LogP contribution in [-0.2, 0) is 12.5 Å². The molecular formula is C13H22N4. The molecule has 17 heavy (non-hydrogen) atoms. The molecule has 1 aromatic heterocycles. The molecule has 1 unspecified atom stereocenters. The largest absolute Gasteiger partial charge is 0.298 e. The fraction of sp³-hybridized carbons (Fsp3) is 0.692. The van der Waals surface area contributed by atoms with Gasteiger partial charge < -0.3 is 0 Å². The zero-order valence-corrected chi connectivity index (χ0v) is 11.4. The van der Waals surface area contributed by atoms with Gasteiger partial charge in [0.15, 0.2) is 0 Å². The Morgan fingerprint density at radius 1 is 1.53 bits per heavy atom. The van der Waals surface area contributed by atoms with Crippen molar-refractivity contribution in [3.63, 3.8) is 0 Å². The highest BCUT2D eigenvalue weighted by Crippen LogP contribution is 2.28. The van der Waals surface area contributed by atoms with Crippen LogP contribution in [0.25, 0.3) is 0 Å². The summed E-state index contributed by atoms with van der Waals surface area (Å²) < 4.78 is 1.79. The van der Waals surface area contributed by atoms with Gasteiger partial charge in [0.2, 0.25) is 0 Å². The van der Waals surface area contributed by atoms with Crippen LogP contribution >= 0.6 is 0 Å². The van der Waals surface area contributed by atoms with Gasteiger partial charge in [0.05, 0.1) is 11.8 Å². The zero-order valence-electron chi connectivity index (χ0n) is 11.4. The lowest BCUT2D eigenvalue weighted by atomic mass is 9.88. The lowest BCUT2D eigenvalue weighted by molar-refractivity contribution is 0.536. The monoisotopic (exact) mass is 234 g/mol. The van der Waals surface area contributed by atoms with Crippen molar-refractivity contribution in [3.8, 4) is 6.07 Å². The van der Waals surface area contributed by atoms with Crippen molar-refractivity contribution in [2.75, 3.05) is 6.54 Å². The van der Waals surface area contributed by atoms with Gasteiger partial charge in [-0.15, -0.1) is 0 Å². The number of hydrogen-bond acceptors (Lipinski definition) is 3. The summed E-state index contributed by atoms with van der Waals surface area (Å²) in [5, 5.41) is 17.0. The van der Waals surface area contributed by atoms with Crippen LogP contribution in [0.5, 0.6) is 0 Å². The fourth-order valence-electron chi connectivity index (χ4n) is 1.81. The number of nitriles is 1. The molecule has 1 rings (SSSR count). The Morgan fingerprint density at radius 3 is 2.65 bits per heavy atom. The molecular weight excluding hydrogens is 212 g/mol. The minimum absolute atomic E-state index is 0.0421. The quantitative estimate of drug-likeness (QED) is 0.869. The smallest absolute Gasteiger partial charge is 0.124 e. The minimum atomic E-state index is -0.266. The normalized spacial score (nSPS) is 13.4. The standard InChI is InChI=1S/C13H22N4/c1-6-7-15-11(8-14)10-9-17(5)16-12(10)13(2,3)4/h9,11,15H,6-7H2,1-5H3. The van der Waals surface area contributed by atoms with Gasteiger partial charge in [-0.1, -0.05) is 27.7 Å². The van der Waals surface area contributed by atoms with Crippen LogP contribution in [0.4, 0.5) is 0 Å². The van der Waals surface area contributed by atoms with E-state index in [4.69, 9.17) is 0 Å². The molecule has 0 saturated carbocycles. The Hall–Kier alpha value is -1.34. The molecule has 1 N–H and O–H groups in total. The zero-order chi connectivity index (χ0) is 13.1. The molecule has 0 bridgehead atoms. The van der Waals surface area contributed by atoms with Crippen LogP contribution in [0.3, 0.4) is 0 Å². The Kier molecular flexibility index (Phi) is 4.30. The first-order valence-corrected chi connectivity index (χ1v) is 6.07. The molecule has 1 heterocycles.